The molecule has 2 N–H and O–H groups in total. The SMILES string of the molecule is CC(Cc1ccc(C(F)(F)F)cc1)C(=O)NC1CCNCC1.Cl. The highest BCUT2D eigenvalue weighted by atomic mass is 35.5. The van der Waals surface area contributed by atoms with E-state index in [4.69, 9.17) is 0 Å². The summed E-state index contributed by atoms with van der Waals surface area (Å²) in [4.78, 5) is 12.1. The van der Waals surface area contributed by atoms with Gasteiger partial charge in [0.05, 0.1) is 5.56 Å². The molecular formula is C16H22ClF3N2O. The van der Waals surface area contributed by atoms with Crippen LogP contribution >= 0.6 is 12.4 Å². The van der Waals surface area contributed by atoms with Crippen LogP contribution in [0.2, 0.25) is 0 Å². The molecule has 1 heterocycles. The van der Waals surface area contributed by atoms with E-state index >= 15 is 0 Å². The molecule has 0 spiro atoms. The summed E-state index contributed by atoms with van der Waals surface area (Å²) in [5, 5.41) is 6.25. The lowest BCUT2D eigenvalue weighted by Gasteiger charge is -2.25. The van der Waals surface area contributed by atoms with Crippen LogP contribution in [0.5, 0.6) is 0 Å². The van der Waals surface area contributed by atoms with E-state index in [1.165, 1.54) is 12.1 Å². The van der Waals surface area contributed by atoms with Crippen LogP contribution in [0, 0.1) is 5.92 Å². The Morgan fingerprint density at radius 2 is 1.83 bits per heavy atom. The molecule has 1 aromatic rings. The first-order valence-electron chi connectivity index (χ1n) is 7.53. The zero-order valence-electron chi connectivity index (χ0n) is 13.0. The minimum Gasteiger partial charge on any atom is -0.353 e. The molecule has 23 heavy (non-hydrogen) atoms. The molecule has 2 rings (SSSR count). The van der Waals surface area contributed by atoms with Crippen molar-refractivity contribution in [1.82, 2.24) is 10.6 Å². The largest absolute Gasteiger partial charge is 0.416 e. The van der Waals surface area contributed by atoms with Crippen LogP contribution in [-0.2, 0) is 17.4 Å². The second-order valence-corrected chi connectivity index (χ2v) is 5.83. The molecule has 130 valence electrons. The highest BCUT2D eigenvalue weighted by molar-refractivity contribution is 5.85. The van der Waals surface area contributed by atoms with Crippen molar-refractivity contribution in [3.05, 3.63) is 35.4 Å². The number of benzene rings is 1. The molecule has 0 radical (unpaired) electrons. The van der Waals surface area contributed by atoms with Crippen LogP contribution in [-0.4, -0.2) is 25.0 Å². The van der Waals surface area contributed by atoms with Crippen molar-refractivity contribution in [2.45, 2.75) is 38.4 Å². The molecule has 1 aliphatic heterocycles. The second kappa shape index (κ2) is 8.55. The molecule has 7 heteroatoms. The van der Waals surface area contributed by atoms with E-state index in [1.807, 2.05) is 0 Å². The smallest absolute Gasteiger partial charge is 0.353 e. The van der Waals surface area contributed by atoms with E-state index in [2.05, 4.69) is 10.6 Å². The maximum absolute atomic E-state index is 12.5. The van der Waals surface area contributed by atoms with Crippen LogP contribution < -0.4 is 10.6 Å². The molecule has 0 bridgehead atoms. The van der Waals surface area contributed by atoms with Gasteiger partial charge in [0, 0.05) is 12.0 Å². The lowest BCUT2D eigenvalue weighted by molar-refractivity contribution is -0.137. The van der Waals surface area contributed by atoms with E-state index in [0.29, 0.717) is 6.42 Å². The number of piperidine rings is 1. The Labute approximate surface area is 140 Å². The highest BCUT2D eigenvalue weighted by Crippen LogP contribution is 2.29. The summed E-state index contributed by atoms with van der Waals surface area (Å²) in [7, 11) is 0. The van der Waals surface area contributed by atoms with Crippen LogP contribution in [0.3, 0.4) is 0 Å². The maximum atomic E-state index is 12.5. The van der Waals surface area contributed by atoms with Gasteiger partial charge < -0.3 is 10.6 Å². The number of amides is 1. The number of carbonyl (C=O) groups excluding carboxylic acids is 1. The third-order valence-electron chi connectivity index (χ3n) is 3.96. The van der Waals surface area contributed by atoms with Gasteiger partial charge >= 0.3 is 6.18 Å². The zero-order valence-corrected chi connectivity index (χ0v) is 13.8. The lowest BCUT2D eigenvalue weighted by atomic mass is 9.98. The van der Waals surface area contributed by atoms with Gasteiger partial charge in [0.2, 0.25) is 5.91 Å². The van der Waals surface area contributed by atoms with Crippen molar-refractivity contribution in [3.63, 3.8) is 0 Å². The van der Waals surface area contributed by atoms with E-state index in [0.717, 1.165) is 43.6 Å². The number of hydrogen-bond donors (Lipinski definition) is 2. The van der Waals surface area contributed by atoms with E-state index in [1.54, 1.807) is 6.92 Å². The van der Waals surface area contributed by atoms with Crippen molar-refractivity contribution in [2.75, 3.05) is 13.1 Å². The number of alkyl halides is 3. The first kappa shape index (κ1) is 19.8. The number of hydrogen-bond acceptors (Lipinski definition) is 2. The Kier molecular flexibility index (Phi) is 7.35. The normalized spacial score (nSPS) is 17.2. The van der Waals surface area contributed by atoms with Gasteiger partial charge in [0.1, 0.15) is 0 Å². The third-order valence-corrected chi connectivity index (χ3v) is 3.96. The highest BCUT2D eigenvalue weighted by Gasteiger charge is 2.30. The van der Waals surface area contributed by atoms with Gasteiger partial charge in [0.15, 0.2) is 0 Å². The quantitative estimate of drug-likeness (QED) is 0.875. The van der Waals surface area contributed by atoms with Gasteiger partial charge in [-0.1, -0.05) is 19.1 Å². The first-order chi connectivity index (χ1) is 10.4. The molecule has 1 saturated heterocycles. The molecule has 0 aromatic heterocycles. The van der Waals surface area contributed by atoms with Gasteiger partial charge in [-0.05, 0) is 50.0 Å². The fourth-order valence-electron chi connectivity index (χ4n) is 2.59. The summed E-state index contributed by atoms with van der Waals surface area (Å²) >= 11 is 0. The van der Waals surface area contributed by atoms with Gasteiger partial charge in [0.25, 0.3) is 0 Å². The summed E-state index contributed by atoms with van der Waals surface area (Å²) in [6, 6.07) is 5.21. The number of halogens is 4. The van der Waals surface area contributed by atoms with Gasteiger partial charge in [-0.2, -0.15) is 13.2 Å². The zero-order chi connectivity index (χ0) is 16.2. The molecule has 3 nitrogen and oxygen atoms in total. The predicted octanol–water partition coefficient (Wildman–Crippen LogP) is 3.17. The molecule has 1 atom stereocenters. The van der Waals surface area contributed by atoms with Crippen molar-refractivity contribution in [3.8, 4) is 0 Å². The molecule has 0 aliphatic carbocycles. The van der Waals surface area contributed by atoms with Crippen LogP contribution in [0.4, 0.5) is 13.2 Å². The average Bonchev–Trinajstić information content (AvgIpc) is 2.48. The minimum atomic E-state index is -4.32. The van der Waals surface area contributed by atoms with Crippen LogP contribution in [0.1, 0.15) is 30.9 Å². The second-order valence-electron chi connectivity index (χ2n) is 5.83. The molecule has 1 fully saturated rings. The van der Waals surface area contributed by atoms with Crippen molar-refractivity contribution >= 4 is 18.3 Å². The van der Waals surface area contributed by atoms with Crippen molar-refractivity contribution in [1.29, 1.82) is 0 Å². The van der Waals surface area contributed by atoms with Crippen molar-refractivity contribution in [2.24, 2.45) is 5.92 Å². The van der Waals surface area contributed by atoms with Gasteiger partial charge in [-0.3, -0.25) is 4.79 Å². The first-order valence-corrected chi connectivity index (χ1v) is 7.53. The Balaban J connectivity index is 0.00000264. The fraction of sp³-hybridized carbons (Fsp3) is 0.562. The Hall–Kier alpha value is -1.27. The molecule has 1 amide bonds. The molecule has 1 unspecified atom stereocenters. The summed E-state index contributed by atoms with van der Waals surface area (Å²) in [5.41, 5.74) is 0.0732. The third kappa shape index (κ3) is 6.03. The molecule has 1 aromatic carbocycles. The summed E-state index contributed by atoms with van der Waals surface area (Å²) in [6.45, 7) is 3.60. The topological polar surface area (TPSA) is 41.1 Å². The minimum absolute atomic E-state index is 0. The Bertz CT molecular complexity index is 499. The Morgan fingerprint density at radius 1 is 1.26 bits per heavy atom. The summed E-state index contributed by atoms with van der Waals surface area (Å²) in [6.07, 6.45) is -2.05. The molecular weight excluding hydrogens is 329 g/mol. The van der Waals surface area contributed by atoms with Crippen LogP contribution in [0.15, 0.2) is 24.3 Å². The standard InChI is InChI=1S/C16H21F3N2O.ClH/c1-11(15(22)21-14-6-8-20-9-7-14)10-12-2-4-13(5-3-12)16(17,18)19;/h2-5,11,14,20H,6-10H2,1H3,(H,21,22);1H. The van der Waals surface area contributed by atoms with Gasteiger partial charge in [-0.15, -0.1) is 12.4 Å². The average molecular weight is 351 g/mol. The number of nitrogens with one attached hydrogen (secondary N) is 2. The summed E-state index contributed by atoms with van der Waals surface area (Å²) < 4.78 is 37.5. The fourth-order valence-corrected chi connectivity index (χ4v) is 2.59. The maximum Gasteiger partial charge on any atom is 0.416 e. The Morgan fingerprint density at radius 3 is 2.35 bits per heavy atom. The lowest BCUT2D eigenvalue weighted by Crippen LogP contribution is -2.44. The van der Waals surface area contributed by atoms with Crippen molar-refractivity contribution < 1.29 is 18.0 Å². The van der Waals surface area contributed by atoms with E-state index in [9.17, 15) is 18.0 Å². The van der Waals surface area contributed by atoms with E-state index in [-0.39, 0.29) is 30.3 Å². The molecule has 1 aliphatic rings. The van der Waals surface area contributed by atoms with E-state index < -0.39 is 11.7 Å². The predicted molar refractivity (Wildman–Crippen MR) is 85.6 cm³/mol. The molecule has 0 saturated carbocycles. The summed E-state index contributed by atoms with van der Waals surface area (Å²) in [5.74, 6) is -0.293. The van der Waals surface area contributed by atoms with Gasteiger partial charge in [-0.25, -0.2) is 0 Å². The number of carbonyl (C=O) groups is 1. The van der Waals surface area contributed by atoms with Crippen LogP contribution in [0.25, 0.3) is 0 Å². The number of rotatable bonds is 4. The monoisotopic (exact) mass is 350 g/mol.